The Kier molecular flexibility index (Phi) is 18.1. The van der Waals surface area contributed by atoms with Gasteiger partial charge in [-0.15, -0.1) is 0 Å². The monoisotopic (exact) mass is 379 g/mol. The van der Waals surface area contributed by atoms with E-state index in [1.54, 1.807) is 0 Å². The second-order valence-electron chi connectivity index (χ2n) is 7.20. The van der Waals surface area contributed by atoms with Crippen LogP contribution in [0.4, 0.5) is 0 Å². The van der Waals surface area contributed by atoms with E-state index in [2.05, 4.69) is 19.2 Å². The van der Waals surface area contributed by atoms with E-state index >= 15 is 0 Å². The van der Waals surface area contributed by atoms with E-state index in [0.717, 1.165) is 0 Å². The number of aromatic carboxylic acids is 1. The van der Waals surface area contributed by atoms with Gasteiger partial charge in [0, 0.05) is 0 Å². The van der Waals surface area contributed by atoms with Crippen LogP contribution in [0.5, 0.6) is 5.75 Å². The predicted molar refractivity (Wildman–Crippen MR) is 111 cm³/mol. The molecule has 0 aliphatic carbocycles. The molecule has 1 aromatic rings. The Morgan fingerprint density at radius 1 is 0.815 bits per heavy atom. The highest BCUT2D eigenvalue weighted by Crippen LogP contribution is 2.11. The molecule has 156 valence electrons. The summed E-state index contributed by atoms with van der Waals surface area (Å²) < 4.78 is 0. The quantitative estimate of drug-likeness (QED) is 0.433. The maximum absolute atomic E-state index is 10.7. The molecule has 0 saturated carbocycles. The van der Waals surface area contributed by atoms with E-state index in [1.807, 2.05) is 0 Å². The van der Waals surface area contributed by atoms with E-state index in [1.165, 1.54) is 114 Å². The first kappa shape index (κ1) is 25.4. The topological polar surface area (TPSA) is 77.0 Å². The van der Waals surface area contributed by atoms with Crippen molar-refractivity contribution in [2.24, 2.45) is 0 Å². The fourth-order valence-electron chi connectivity index (χ4n) is 2.93. The van der Waals surface area contributed by atoms with E-state index < -0.39 is 11.7 Å². The number of rotatable bonds is 15. The minimum atomic E-state index is -1.18. The van der Waals surface area contributed by atoms with Gasteiger partial charge in [0.1, 0.15) is 0 Å². The molecule has 0 fully saturated rings. The SMILES string of the molecule is CCCCCCCC[NH2+]CCCCCCCC.O=C(O)c1ccccc1[O-]. The molecule has 27 heavy (non-hydrogen) atoms. The van der Waals surface area contributed by atoms with Crippen molar-refractivity contribution in [2.45, 2.75) is 90.9 Å². The largest absolute Gasteiger partial charge is 0.872 e. The Morgan fingerprint density at radius 3 is 1.67 bits per heavy atom. The molecular formula is C23H41NO3. The molecule has 4 heteroatoms. The number of carboxylic acids is 1. The molecule has 0 spiro atoms. The number of quaternary nitrogens is 1. The molecule has 0 aliphatic heterocycles. The van der Waals surface area contributed by atoms with Gasteiger partial charge in [-0.05, 0) is 31.7 Å². The highest BCUT2D eigenvalue weighted by atomic mass is 16.4. The van der Waals surface area contributed by atoms with Crippen LogP contribution in [-0.2, 0) is 0 Å². The summed E-state index contributed by atoms with van der Waals surface area (Å²) in [4.78, 5) is 10.2. The number of benzene rings is 1. The number of hydrogen-bond acceptors (Lipinski definition) is 2. The molecule has 3 N–H and O–H groups in total. The molecule has 4 nitrogen and oxygen atoms in total. The number of hydrogen-bond donors (Lipinski definition) is 2. The summed E-state index contributed by atoms with van der Waals surface area (Å²) in [5.41, 5.74) is -0.178. The van der Waals surface area contributed by atoms with Crippen LogP contribution in [0.1, 0.15) is 101 Å². The lowest BCUT2D eigenvalue weighted by Gasteiger charge is -2.07. The Labute approximate surface area is 166 Å². The van der Waals surface area contributed by atoms with Crippen molar-refractivity contribution >= 4 is 5.97 Å². The number of carboxylic acid groups (broad SMARTS) is 1. The molecular weight excluding hydrogens is 338 g/mol. The number of nitrogens with two attached hydrogens (primary N) is 1. The number of carbonyl (C=O) groups is 1. The maximum Gasteiger partial charge on any atom is 0.335 e. The first-order chi connectivity index (χ1) is 13.1. The third-order valence-electron chi connectivity index (χ3n) is 4.64. The summed E-state index contributed by atoms with van der Waals surface area (Å²) in [5, 5.41) is 21.6. The van der Waals surface area contributed by atoms with Gasteiger partial charge >= 0.3 is 5.97 Å². The molecule has 1 rings (SSSR count). The zero-order valence-electron chi connectivity index (χ0n) is 17.5. The van der Waals surface area contributed by atoms with Gasteiger partial charge in [-0.1, -0.05) is 89.2 Å². The number of unbranched alkanes of at least 4 members (excludes halogenated alkanes) is 10. The van der Waals surface area contributed by atoms with Crippen LogP contribution in [0.15, 0.2) is 24.3 Å². The van der Waals surface area contributed by atoms with E-state index in [9.17, 15) is 9.90 Å². The first-order valence-corrected chi connectivity index (χ1v) is 10.9. The van der Waals surface area contributed by atoms with Crippen LogP contribution in [0.3, 0.4) is 0 Å². The highest BCUT2D eigenvalue weighted by molar-refractivity contribution is 5.90. The average Bonchev–Trinajstić information content (AvgIpc) is 2.66. The van der Waals surface area contributed by atoms with E-state index in [-0.39, 0.29) is 5.56 Å². The standard InChI is InChI=1S/C16H35N.C7H6O3/c1-3-5-7-9-11-13-15-17-16-14-12-10-8-6-4-2;8-6-4-2-1-3-5(6)7(9)10/h17H,3-16H2,1-2H3;1-4,8H,(H,9,10). The lowest BCUT2D eigenvalue weighted by Crippen LogP contribution is -2.84. The Hall–Kier alpha value is -1.55. The molecule has 0 bridgehead atoms. The zero-order chi connectivity index (χ0) is 20.2. The molecule has 0 atom stereocenters. The summed E-state index contributed by atoms with van der Waals surface area (Å²) in [6.45, 7) is 7.30. The van der Waals surface area contributed by atoms with Crippen molar-refractivity contribution in [3.8, 4) is 5.75 Å². The predicted octanol–water partition coefficient (Wildman–Crippen LogP) is 4.73. The molecule has 0 aliphatic rings. The zero-order valence-corrected chi connectivity index (χ0v) is 17.5. The molecule has 1 aromatic carbocycles. The fraction of sp³-hybridized carbons (Fsp3) is 0.696. The van der Waals surface area contributed by atoms with Crippen molar-refractivity contribution in [3.63, 3.8) is 0 Å². The number of para-hydroxylation sites is 1. The van der Waals surface area contributed by atoms with Gasteiger partial charge in [-0.25, -0.2) is 4.79 Å². The summed E-state index contributed by atoms with van der Waals surface area (Å²) in [6.07, 6.45) is 17.2. The minimum Gasteiger partial charge on any atom is -0.872 e. The molecule has 0 unspecified atom stereocenters. The van der Waals surface area contributed by atoms with E-state index in [4.69, 9.17) is 5.11 Å². The summed E-state index contributed by atoms with van der Waals surface area (Å²) in [6, 6.07) is 5.54. The third-order valence-corrected chi connectivity index (χ3v) is 4.64. The molecule has 0 saturated heterocycles. The minimum absolute atomic E-state index is 0.178. The lowest BCUT2D eigenvalue weighted by atomic mass is 10.1. The highest BCUT2D eigenvalue weighted by Gasteiger charge is 1.99. The van der Waals surface area contributed by atoms with Crippen molar-refractivity contribution in [1.29, 1.82) is 0 Å². The maximum atomic E-state index is 10.7. The normalized spacial score (nSPS) is 10.3. The average molecular weight is 380 g/mol. The second kappa shape index (κ2) is 19.2. The van der Waals surface area contributed by atoms with Crippen LogP contribution in [-0.4, -0.2) is 24.2 Å². The van der Waals surface area contributed by atoms with Crippen molar-refractivity contribution in [3.05, 3.63) is 29.8 Å². The summed E-state index contributed by atoms with van der Waals surface area (Å²) in [7, 11) is 0. The smallest absolute Gasteiger partial charge is 0.335 e. The van der Waals surface area contributed by atoms with Crippen LogP contribution >= 0.6 is 0 Å². The van der Waals surface area contributed by atoms with Gasteiger partial charge in [0.25, 0.3) is 0 Å². The fourth-order valence-corrected chi connectivity index (χ4v) is 2.93. The van der Waals surface area contributed by atoms with Crippen LogP contribution in [0.25, 0.3) is 0 Å². The van der Waals surface area contributed by atoms with Crippen molar-refractivity contribution in [1.82, 2.24) is 0 Å². The Morgan fingerprint density at radius 2 is 1.26 bits per heavy atom. The van der Waals surface area contributed by atoms with Gasteiger partial charge in [-0.3, -0.25) is 0 Å². The van der Waals surface area contributed by atoms with Gasteiger partial charge in [0.15, 0.2) is 0 Å². The van der Waals surface area contributed by atoms with Gasteiger partial charge in [0.2, 0.25) is 0 Å². The summed E-state index contributed by atoms with van der Waals surface area (Å²) in [5.74, 6) is -1.62. The molecule has 0 amide bonds. The van der Waals surface area contributed by atoms with Crippen LogP contribution in [0.2, 0.25) is 0 Å². The molecule has 0 heterocycles. The van der Waals surface area contributed by atoms with E-state index in [0.29, 0.717) is 0 Å². The van der Waals surface area contributed by atoms with Gasteiger partial charge in [-0.2, -0.15) is 0 Å². The first-order valence-electron chi connectivity index (χ1n) is 10.9. The lowest BCUT2D eigenvalue weighted by molar-refractivity contribution is -0.655. The van der Waals surface area contributed by atoms with Crippen molar-refractivity contribution in [2.75, 3.05) is 13.1 Å². The summed E-state index contributed by atoms with van der Waals surface area (Å²) >= 11 is 0. The Bertz CT molecular complexity index is 449. The van der Waals surface area contributed by atoms with Crippen LogP contribution in [0, 0.1) is 0 Å². The van der Waals surface area contributed by atoms with Crippen molar-refractivity contribution < 1.29 is 20.3 Å². The Balaban J connectivity index is 0.000000569. The molecule has 0 radical (unpaired) electrons. The van der Waals surface area contributed by atoms with Gasteiger partial charge < -0.3 is 15.5 Å². The molecule has 0 aromatic heterocycles. The van der Waals surface area contributed by atoms with Gasteiger partial charge in [0.05, 0.1) is 18.7 Å². The second-order valence-corrected chi connectivity index (χ2v) is 7.20. The van der Waals surface area contributed by atoms with Crippen LogP contribution < -0.4 is 10.4 Å². The third kappa shape index (κ3) is 16.4.